The molecular formula is C23H26N8O4. The number of anilines is 3. The van der Waals surface area contributed by atoms with Gasteiger partial charge in [0.05, 0.1) is 18.5 Å². The molecular weight excluding hydrogens is 452 g/mol. The first-order chi connectivity index (χ1) is 17.1. The number of hydrogen-bond acceptors (Lipinski definition) is 9. The molecule has 182 valence electrons. The van der Waals surface area contributed by atoms with Gasteiger partial charge in [-0.05, 0) is 37.3 Å². The van der Waals surface area contributed by atoms with E-state index in [1.54, 1.807) is 43.1 Å². The average molecular weight is 479 g/mol. The fourth-order valence-electron chi connectivity index (χ4n) is 4.34. The van der Waals surface area contributed by atoms with E-state index in [1.807, 2.05) is 0 Å². The zero-order valence-corrected chi connectivity index (χ0v) is 19.4. The van der Waals surface area contributed by atoms with Crippen LogP contribution in [-0.2, 0) is 4.74 Å². The molecule has 12 heteroatoms. The fourth-order valence-corrected chi connectivity index (χ4v) is 4.34. The molecule has 5 rings (SSSR count). The van der Waals surface area contributed by atoms with Crippen LogP contribution in [-0.4, -0.2) is 56.9 Å². The summed E-state index contributed by atoms with van der Waals surface area (Å²) in [5.41, 5.74) is 0.614. The van der Waals surface area contributed by atoms with Gasteiger partial charge in [0.25, 0.3) is 11.5 Å². The van der Waals surface area contributed by atoms with Crippen molar-refractivity contribution in [1.82, 2.24) is 29.5 Å². The van der Waals surface area contributed by atoms with Crippen LogP contribution in [0.25, 0.3) is 11.7 Å². The van der Waals surface area contributed by atoms with Gasteiger partial charge in [0.15, 0.2) is 5.65 Å². The molecule has 0 spiro atoms. The van der Waals surface area contributed by atoms with E-state index in [4.69, 9.17) is 9.15 Å². The molecule has 1 fully saturated rings. The minimum absolute atomic E-state index is 0.159. The van der Waals surface area contributed by atoms with Crippen molar-refractivity contribution in [2.45, 2.75) is 25.4 Å². The largest absolute Gasteiger partial charge is 0.432 e. The first-order valence-electron chi connectivity index (χ1n) is 11.3. The van der Waals surface area contributed by atoms with E-state index in [1.165, 1.54) is 23.2 Å². The Balaban J connectivity index is 1.41. The monoisotopic (exact) mass is 478 g/mol. The van der Waals surface area contributed by atoms with Gasteiger partial charge < -0.3 is 25.1 Å². The Bertz CT molecular complexity index is 1390. The molecule has 4 heterocycles. The van der Waals surface area contributed by atoms with Crippen LogP contribution in [0.5, 0.6) is 0 Å². The van der Waals surface area contributed by atoms with Gasteiger partial charge in [-0.15, -0.1) is 0 Å². The molecule has 0 saturated heterocycles. The number of nitrogens with one attached hydrogen (secondary N) is 3. The number of carbonyl (C=O) groups excluding carboxylic acids is 1. The second-order valence-corrected chi connectivity index (χ2v) is 8.35. The van der Waals surface area contributed by atoms with Crippen molar-refractivity contribution in [3.05, 3.63) is 59.0 Å². The number of ether oxygens (including phenoxy) is 1. The summed E-state index contributed by atoms with van der Waals surface area (Å²) in [6, 6.07) is 5.19. The minimum Gasteiger partial charge on any atom is -0.432 e. The maximum atomic E-state index is 13.0. The Hall–Kier alpha value is -4.19. The summed E-state index contributed by atoms with van der Waals surface area (Å²) in [6.07, 6.45) is 9.13. The van der Waals surface area contributed by atoms with Crippen LogP contribution in [0, 0.1) is 5.92 Å². The lowest BCUT2D eigenvalue weighted by atomic mass is 10.1. The van der Waals surface area contributed by atoms with Gasteiger partial charge in [-0.2, -0.15) is 9.61 Å². The van der Waals surface area contributed by atoms with Gasteiger partial charge in [0, 0.05) is 33.0 Å². The van der Waals surface area contributed by atoms with Crippen LogP contribution in [0.4, 0.5) is 17.3 Å². The first kappa shape index (κ1) is 22.6. The van der Waals surface area contributed by atoms with Crippen LogP contribution >= 0.6 is 0 Å². The number of oxazole rings is 1. The van der Waals surface area contributed by atoms with E-state index >= 15 is 0 Å². The Labute approximate surface area is 200 Å². The van der Waals surface area contributed by atoms with Crippen LogP contribution in [0.15, 0.2) is 52.3 Å². The summed E-state index contributed by atoms with van der Waals surface area (Å²) in [5, 5.41) is 13.4. The van der Waals surface area contributed by atoms with Crippen molar-refractivity contribution < 1.29 is 13.9 Å². The third kappa shape index (κ3) is 4.47. The molecule has 1 unspecified atom stereocenters. The van der Waals surface area contributed by atoms with Crippen LogP contribution < -0.4 is 21.5 Å². The van der Waals surface area contributed by atoms with Crippen LogP contribution in [0.1, 0.15) is 29.6 Å². The molecule has 1 aliphatic carbocycles. The topological polar surface area (TPSA) is 141 Å². The van der Waals surface area contributed by atoms with Gasteiger partial charge in [0.1, 0.15) is 29.1 Å². The number of pyridine rings is 1. The van der Waals surface area contributed by atoms with E-state index in [9.17, 15) is 9.59 Å². The van der Waals surface area contributed by atoms with E-state index in [0.717, 1.165) is 19.3 Å². The normalized spacial score (nSPS) is 17.5. The van der Waals surface area contributed by atoms with Gasteiger partial charge in [-0.25, -0.2) is 14.5 Å². The van der Waals surface area contributed by atoms with Crippen LogP contribution in [0.2, 0.25) is 0 Å². The van der Waals surface area contributed by atoms with Crippen molar-refractivity contribution in [2.24, 2.45) is 5.92 Å². The third-order valence-electron chi connectivity index (χ3n) is 6.19. The number of amides is 1. The zero-order chi connectivity index (χ0) is 24.4. The number of nitrogens with zero attached hydrogens (tertiary/aromatic N) is 5. The maximum absolute atomic E-state index is 13.0. The van der Waals surface area contributed by atoms with Crippen LogP contribution in [0.3, 0.4) is 0 Å². The zero-order valence-electron chi connectivity index (χ0n) is 19.4. The number of methoxy groups -OCH3 is 1. The smallest absolute Gasteiger partial charge is 0.308 e. The molecule has 1 amide bonds. The Morgan fingerprint density at radius 3 is 2.97 bits per heavy atom. The van der Waals surface area contributed by atoms with Crippen molar-refractivity contribution >= 4 is 28.9 Å². The summed E-state index contributed by atoms with van der Waals surface area (Å²) in [4.78, 5) is 34.5. The Kier molecular flexibility index (Phi) is 6.19. The molecule has 3 N–H and O–H groups in total. The summed E-state index contributed by atoms with van der Waals surface area (Å²) in [7, 11) is 3.46. The number of hydrogen-bond donors (Lipinski definition) is 3. The van der Waals surface area contributed by atoms with Gasteiger partial charge in [0.2, 0.25) is 0 Å². The number of rotatable bonds is 8. The average Bonchev–Trinajstić information content (AvgIpc) is 3.64. The predicted molar refractivity (Wildman–Crippen MR) is 128 cm³/mol. The predicted octanol–water partition coefficient (Wildman–Crippen LogP) is 2.20. The number of fused-ring (bicyclic) bond motifs is 1. The highest BCUT2D eigenvalue weighted by atomic mass is 16.5. The molecule has 0 aromatic carbocycles. The molecule has 1 aliphatic rings. The summed E-state index contributed by atoms with van der Waals surface area (Å²) < 4.78 is 13.5. The molecule has 0 aliphatic heterocycles. The van der Waals surface area contributed by atoms with E-state index in [0.29, 0.717) is 35.3 Å². The second-order valence-electron chi connectivity index (χ2n) is 8.35. The summed E-state index contributed by atoms with van der Waals surface area (Å²) >= 11 is 0. The SMILES string of the molecule is CNc1cc(Nc2cccn(-c3ncco3)c2=O)nc2c(C(=O)NCC3CC[C@@H](OC)C3)cnn12. The molecule has 4 aromatic heterocycles. The first-order valence-corrected chi connectivity index (χ1v) is 11.3. The minimum atomic E-state index is -0.361. The molecule has 12 nitrogen and oxygen atoms in total. The lowest BCUT2D eigenvalue weighted by molar-refractivity contribution is 0.0935. The molecule has 35 heavy (non-hydrogen) atoms. The highest BCUT2D eigenvalue weighted by Crippen LogP contribution is 2.27. The number of aromatic nitrogens is 5. The molecule has 0 bridgehead atoms. The lowest BCUT2D eigenvalue weighted by Gasteiger charge is -2.12. The van der Waals surface area contributed by atoms with Gasteiger partial charge >= 0.3 is 6.01 Å². The molecule has 1 saturated carbocycles. The Morgan fingerprint density at radius 2 is 2.23 bits per heavy atom. The molecule has 2 atom stereocenters. The standard InChI is InChI=1S/C23H26N8O4/c1-24-19-11-18(28-17-4-3-8-30(22(17)33)23-25-7-9-35-23)29-20-16(13-27-31(19)20)21(32)26-12-14-5-6-15(10-14)34-2/h3-4,7-9,11,13-15,24H,5-6,10,12H2,1-2H3,(H,26,32)(H,28,29)/t14?,15-/m1/s1. The van der Waals surface area contributed by atoms with Crippen molar-refractivity contribution in [3.63, 3.8) is 0 Å². The van der Waals surface area contributed by atoms with Crippen molar-refractivity contribution in [1.29, 1.82) is 0 Å². The Morgan fingerprint density at radius 1 is 1.34 bits per heavy atom. The van der Waals surface area contributed by atoms with E-state index in [2.05, 4.69) is 31.0 Å². The maximum Gasteiger partial charge on any atom is 0.308 e. The van der Waals surface area contributed by atoms with Gasteiger partial charge in [-0.1, -0.05) is 0 Å². The van der Waals surface area contributed by atoms with Crippen molar-refractivity contribution in [3.8, 4) is 6.01 Å². The van der Waals surface area contributed by atoms with Crippen molar-refractivity contribution in [2.75, 3.05) is 31.3 Å². The molecule has 0 radical (unpaired) electrons. The molecule has 4 aromatic rings. The van der Waals surface area contributed by atoms with E-state index < -0.39 is 0 Å². The summed E-state index contributed by atoms with van der Waals surface area (Å²) in [5.74, 6) is 1.10. The van der Waals surface area contributed by atoms with E-state index in [-0.39, 0.29) is 29.3 Å². The quantitative estimate of drug-likeness (QED) is 0.347. The van der Waals surface area contributed by atoms with Gasteiger partial charge in [-0.3, -0.25) is 9.59 Å². The second kappa shape index (κ2) is 9.58. The number of carbonyl (C=O) groups is 1. The highest BCUT2D eigenvalue weighted by molar-refractivity contribution is 6.00. The highest BCUT2D eigenvalue weighted by Gasteiger charge is 2.25. The fraction of sp³-hybridized carbons (Fsp3) is 0.348. The third-order valence-corrected chi connectivity index (χ3v) is 6.19. The lowest BCUT2D eigenvalue weighted by Crippen LogP contribution is -2.28. The summed E-state index contributed by atoms with van der Waals surface area (Å²) in [6.45, 7) is 0.567.